The number of piperidine rings is 1. The van der Waals surface area contributed by atoms with Gasteiger partial charge in [0.25, 0.3) is 0 Å². The monoisotopic (exact) mass is 272 g/mol. The fourth-order valence-electron chi connectivity index (χ4n) is 2.90. The largest absolute Gasteiger partial charge is 0.342 e. The zero-order chi connectivity index (χ0) is 13.6. The Bertz CT molecular complexity index is 495. The van der Waals surface area contributed by atoms with Crippen molar-refractivity contribution in [2.24, 2.45) is 5.92 Å². The van der Waals surface area contributed by atoms with E-state index in [9.17, 15) is 0 Å². The van der Waals surface area contributed by atoms with Crippen LogP contribution in [0.25, 0.3) is 11.0 Å². The molecule has 1 aromatic carbocycles. The van der Waals surface area contributed by atoms with Crippen LogP contribution in [0.2, 0.25) is 0 Å². The molecule has 0 aliphatic carbocycles. The molecule has 2 heterocycles. The van der Waals surface area contributed by atoms with Gasteiger partial charge in [0.2, 0.25) is 0 Å². The lowest BCUT2D eigenvalue weighted by Crippen LogP contribution is -2.34. The van der Waals surface area contributed by atoms with Gasteiger partial charge in [0.05, 0.1) is 11.0 Å². The molecule has 3 rings (SSSR count). The van der Waals surface area contributed by atoms with Crippen LogP contribution in [0.5, 0.6) is 0 Å². The Balaban J connectivity index is 1.37. The van der Waals surface area contributed by atoms with Crippen molar-refractivity contribution in [1.29, 1.82) is 0 Å². The van der Waals surface area contributed by atoms with Crippen LogP contribution in [-0.2, 0) is 6.42 Å². The molecule has 4 nitrogen and oxygen atoms in total. The summed E-state index contributed by atoms with van der Waals surface area (Å²) in [5, 5.41) is 7.00. The highest BCUT2D eigenvalue weighted by Gasteiger charge is 2.11. The number of nitrogens with zero attached hydrogens (tertiary/aromatic N) is 1. The van der Waals surface area contributed by atoms with E-state index in [4.69, 9.17) is 0 Å². The number of fused-ring (bicyclic) bond motifs is 1. The van der Waals surface area contributed by atoms with Gasteiger partial charge in [-0.15, -0.1) is 0 Å². The van der Waals surface area contributed by atoms with Crippen molar-refractivity contribution >= 4 is 11.0 Å². The fraction of sp³-hybridized carbons (Fsp3) is 0.562. The second-order valence-electron chi connectivity index (χ2n) is 5.70. The van der Waals surface area contributed by atoms with Gasteiger partial charge < -0.3 is 15.6 Å². The molecule has 1 saturated heterocycles. The molecule has 1 aliphatic rings. The molecule has 0 radical (unpaired) electrons. The summed E-state index contributed by atoms with van der Waals surface area (Å²) in [6, 6.07) is 8.23. The second kappa shape index (κ2) is 6.86. The summed E-state index contributed by atoms with van der Waals surface area (Å²) in [6.07, 6.45) is 4.80. The zero-order valence-corrected chi connectivity index (χ0v) is 12.0. The van der Waals surface area contributed by atoms with E-state index in [0.29, 0.717) is 0 Å². The molecule has 0 unspecified atom stereocenters. The van der Waals surface area contributed by atoms with Crippen LogP contribution in [0.1, 0.15) is 25.1 Å². The molecule has 0 amide bonds. The Morgan fingerprint density at radius 1 is 1.20 bits per heavy atom. The average molecular weight is 272 g/mol. The number of aromatic amines is 1. The molecular formula is C16H24N4. The number of H-pyrrole nitrogens is 1. The van der Waals surface area contributed by atoms with Crippen LogP contribution >= 0.6 is 0 Å². The molecule has 108 valence electrons. The third-order valence-electron chi connectivity index (χ3n) is 4.10. The van der Waals surface area contributed by atoms with E-state index in [0.717, 1.165) is 42.2 Å². The van der Waals surface area contributed by atoms with Gasteiger partial charge in [-0.25, -0.2) is 4.98 Å². The molecule has 1 aromatic heterocycles. The zero-order valence-electron chi connectivity index (χ0n) is 12.0. The SMILES string of the molecule is c1ccc2[nH]c(CCCNCC3CCNCC3)nc2c1. The quantitative estimate of drug-likeness (QED) is 0.706. The normalized spacial score (nSPS) is 16.8. The topological polar surface area (TPSA) is 52.7 Å². The molecule has 4 heteroatoms. The number of aryl methyl sites for hydroxylation is 1. The van der Waals surface area contributed by atoms with E-state index in [1.165, 1.54) is 32.5 Å². The van der Waals surface area contributed by atoms with Crippen molar-refractivity contribution < 1.29 is 0 Å². The summed E-state index contributed by atoms with van der Waals surface area (Å²) >= 11 is 0. The van der Waals surface area contributed by atoms with Gasteiger partial charge in [0.1, 0.15) is 5.82 Å². The molecular weight excluding hydrogens is 248 g/mol. The van der Waals surface area contributed by atoms with E-state index < -0.39 is 0 Å². The van der Waals surface area contributed by atoms with Gasteiger partial charge in [-0.2, -0.15) is 0 Å². The van der Waals surface area contributed by atoms with E-state index in [-0.39, 0.29) is 0 Å². The van der Waals surface area contributed by atoms with Gasteiger partial charge in [-0.1, -0.05) is 12.1 Å². The predicted molar refractivity (Wildman–Crippen MR) is 82.9 cm³/mol. The average Bonchev–Trinajstić information content (AvgIpc) is 2.90. The Morgan fingerprint density at radius 2 is 2.05 bits per heavy atom. The summed E-state index contributed by atoms with van der Waals surface area (Å²) in [5.74, 6) is 1.97. The van der Waals surface area contributed by atoms with E-state index >= 15 is 0 Å². The number of hydrogen-bond acceptors (Lipinski definition) is 3. The van der Waals surface area contributed by atoms with Crippen LogP contribution < -0.4 is 10.6 Å². The number of benzene rings is 1. The van der Waals surface area contributed by atoms with Crippen molar-refractivity contribution in [1.82, 2.24) is 20.6 Å². The summed E-state index contributed by atoms with van der Waals surface area (Å²) in [7, 11) is 0. The minimum Gasteiger partial charge on any atom is -0.342 e. The smallest absolute Gasteiger partial charge is 0.107 e. The number of para-hydroxylation sites is 2. The van der Waals surface area contributed by atoms with E-state index in [1.807, 2.05) is 12.1 Å². The third-order valence-corrected chi connectivity index (χ3v) is 4.10. The van der Waals surface area contributed by atoms with Gasteiger partial charge in [-0.05, 0) is 63.5 Å². The van der Waals surface area contributed by atoms with Crippen molar-refractivity contribution in [2.45, 2.75) is 25.7 Å². The third kappa shape index (κ3) is 3.58. The first-order valence-electron chi connectivity index (χ1n) is 7.77. The van der Waals surface area contributed by atoms with Gasteiger partial charge in [0.15, 0.2) is 0 Å². The maximum absolute atomic E-state index is 4.61. The summed E-state index contributed by atoms with van der Waals surface area (Å²) in [6.45, 7) is 4.62. The fourth-order valence-corrected chi connectivity index (χ4v) is 2.90. The van der Waals surface area contributed by atoms with E-state index in [1.54, 1.807) is 0 Å². The molecule has 1 aliphatic heterocycles. The standard InChI is InChI=1S/C16H24N4/c1-2-5-15-14(4-1)19-16(20-15)6-3-9-18-12-13-7-10-17-11-8-13/h1-2,4-5,13,17-18H,3,6-12H2,(H,19,20). The Morgan fingerprint density at radius 3 is 2.90 bits per heavy atom. The van der Waals surface area contributed by atoms with Gasteiger partial charge in [-0.3, -0.25) is 0 Å². The van der Waals surface area contributed by atoms with Gasteiger partial charge >= 0.3 is 0 Å². The maximum Gasteiger partial charge on any atom is 0.107 e. The first-order chi connectivity index (χ1) is 9.92. The molecule has 3 N–H and O–H groups in total. The number of aromatic nitrogens is 2. The van der Waals surface area contributed by atoms with Crippen LogP contribution in [0.15, 0.2) is 24.3 Å². The molecule has 20 heavy (non-hydrogen) atoms. The number of imidazole rings is 1. The lowest BCUT2D eigenvalue weighted by molar-refractivity contribution is 0.356. The van der Waals surface area contributed by atoms with Gasteiger partial charge in [0, 0.05) is 6.42 Å². The number of rotatable bonds is 6. The number of hydrogen-bond donors (Lipinski definition) is 3. The molecule has 1 fully saturated rings. The van der Waals surface area contributed by atoms with Crippen LogP contribution in [0, 0.1) is 5.92 Å². The molecule has 0 spiro atoms. The highest BCUT2D eigenvalue weighted by Crippen LogP contribution is 2.12. The van der Waals surface area contributed by atoms with Crippen molar-refractivity contribution in [3.8, 4) is 0 Å². The summed E-state index contributed by atoms with van der Waals surface area (Å²) in [4.78, 5) is 8.00. The summed E-state index contributed by atoms with van der Waals surface area (Å²) < 4.78 is 0. The maximum atomic E-state index is 4.61. The van der Waals surface area contributed by atoms with Crippen molar-refractivity contribution in [3.05, 3.63) is 30.1 Å². The Hall–Kier alpha value is -1.39. The Kier molecular flexibility index (Phi) is 4.66. The molecule has 2 aromatic rings. The van der Waals surface area contributed by atoms with Crippen LogP contribution in [0.4, 0.5) is 0 Å². The second-order valence-corrected chi connectivity index (χ2v) is 5.70. The molecule has 0 bridgehead atoms. The summed E-state index contributed by atoms with van der Waals surface area (Å²) in [5.41, 5.74) is 2.22. The van der Waals surface area contributed by atoms with Crippen LogP contribution in [-0.4, -0.2) is 36.1 Å². The van der Waals surface area contributed by atoms with Crippen molar-refractivity contribution in [3.63, 3.8) is 0 Å². The highest BCUT2D eigenvalue weighted by atomic mass is 14.9. The first-order valence-corrected chi connectivity index (χ1v) is 7.77. The first kappa shape index (κ1) is 13.6. The van der Waals surface area contributed by atoms with Crippen molar-refractivity contribution in [2.75, 3.05) is 26.2 Å². The lowest BCUT2D eigenvalue weighted by Gasteiger charge is -2.22. The highest BCUT2D eigenvalue weighted by molar-refractivity contribution is 5.74. The van der Waals surface area contributed by atoms with E-state index in [2.05, 4.69) is 32.7 Å². The molecule has 0 saturated carbocycles. The molecule has 0 atom stereocenters. The lowest BCUT2D eigenvalue weighted by atomic mass is 9.98. The minimum atomic E-state index is 0.863. The van der Waals surface area contributed by atoms with Crippen LogP contribution in [0.3, 0.4) is 0 Å². The number of nitrogens with one attached hydrogen (secondary N) is 3. The predicted octanol–water partition coefficient (Wildman–Crippen LogP) is 2.08. The minimum absolute atomic E-state index is 0.863. The Labute approximate surface area is 120 Å².